The second kappa shape index (κ2) is 8.86. The highest BCUT2D eigenvalue weighted by molar-refractivity contribution is 7.91. The van der Waals surface area contributed by atoms with E-state index in [4.69, 9.17) is 39.5 Å². The third-order valence-electron chi connectivity index (χ3n) is 4.37. The van der Waals surface area contributed by atoms with Crippen molar-refractivity contribution in [2.45, 2.75) is 19.0 Å². The monoisotopic (exact) mass is 462 g/mol. The van der Waals surface area contributed by atoms with Crippen LogP contribution in [-0.4, -0.2) is 48.4 Å². The first-order valence-electron chi connectivity index (χ1n) is 8.41. The Balaban J connectivity index is 1.75. The minimum atomic E-state index is -3.15. The smallest absolute Gasteiger partial charge is 0.261 e. The maximum absolute atomic E-state index is 12.9. The highest BCUT2D eigenvalue weighted by atomic mass is 35.5. The molecule has 1 aromatic carbocycles. The van der Waals surface area contributed by atoms with Crippen LogP contribution in [0.2, 0.25) is 15.1 Å². The number of aromatic nitrogens is 1. The Labute approximate surface area is 178 Å². The minimum absolute atomic E-state index is 0.0630. The summed E-state index contributed by atoms with van der Waals surface area (Å²) in [5.41, 5.74) is 0.799. The molecule has 10 heteroatoms. The van der Waals surface area contributed by atoms with Gasteiger partial charge >= 0.3 is 0 Å². The van der Waals surface area contributed by atoms with Crippen LogP contribution in [0.3, 0.4) is 0 Å². The van der Waals surface area contributed by atoms with Gasteiger partial charge < -0.3 is 9.64 Å². The van der Waals surface area contributed by atoms with Crippen molar-refractivity contribution in [1.29, 1.82) is 0 Å². The molecule has 0 radical (unpaired) electrons. The second-order valence-electron chi connectivity index (χ2n) is 6.43. The highest BCUT2D eigenvalue weighted by Crippen LogP contribution is 2.34. The molecule has 0 aliphatic carbocycles. The van der Waals surface area contributed by atoms with Gasteiger partial charge in [0.15, 0.2) is 16.4 Å². The number of halogens is 3. The molecule has 1 atom stereocenters. The molecule has 6 nitrogen and oxygen atoms in total. The largest absolute Gasteiger partial charge is 0.482 e. The molecule has 0 bridgehead atoms. The van der Waals surface area contributed by atoms with Crippen LogP contribution in [-0.2, 0) is 21.2 Å². The van der Waals surface area contributed by atoms with E-state index < -0.39 is 15.9 Å². The van der Waals surface area contributed by atoms with E-state index in [9.17, 15) is 13.2 Å². The van der Waals surface area contributed by atoms with E-state index in [-0.39, 0.29) is 51.4 Å². The summed E-state index contributed by atoms with van der Waals surface area (Å²) in [5, 5.41) is 0.756. The molecule has 1 unspecified atom stereocenters. The SMILES string of the molecule is O=C(COc1cc(Cl)c(Cl)cc1Cl)N(Cc1cccnc1)C1CCS(=O)(=O)C1. The fourth-order valence-electron chi connectivity index (χ4n) is 2.97. The third-order valence-corrected chi connectivity index (χ3v) is 7.14. The molecule has 1 aliphatic heterocycles. The molecule has 0 spiro atoms. The van der Waals surface area contributed by atoms with Gasteiger partial charge in [-0.15, -0.1) is 0 Å². The predicted octanol–water partition coefficient (Wildman–Crippen LogP) is 3.64. The van der Waals surface area contributed by atoms with Crippen molar-refractivity contribution in [1.82, 2.24) is 9.88 Å². The molecule has 1 aromatic heterocycles. The number of carbonyl (C=O) groups excluding carboxylic acids is 1. The number of hydrogen-bond donors (Lipinski definition) is 0. The van der Waals surface area contributed by atoms with Crippen LogP contribution in [0.5, 0.6) is 5.75 Å². The number of carbonyl (C=O) groups is 1. The number of hydrogen-bond acceptors (Lipinski definition) is 5. The summed E-state index contributed by atoms with van der Waals surface area (Å²) < 4.78 is 29.3. The van der Waals surface area contributed by atoms with E-state index in [1.54, 1.807) is 18.5 Å². The molecule has 0 N–H and O–H groups in total. The highest BCUT2D eigenvalue weighted by Gasteiger charge is 2.35. The van der Waals surface area contributed by atoms with Crippen LogP contribution in [0.1, 0.15) is 12.0 Å². The Kier molecular flexibility index (Phi) is 6.70. The van der Waals surface area contributed by atoms with Gasteiger partial charge in [0.25, 0.3) is 5.91 Å². The van der Waals surface area contributed by atoms with Gasteiger partial charge in [-0.05, 0) is 24.1 Å². The van der Waals surface area contributed by atoms with Gasteiger partial charge in [0, 0.05) is 31.0 Å². The fraction of sp³-hybridized carbons (Fsp3) is 0.333. The molecule has 150 valence electrons. The molecular weight excluding hydrogens is 447 g/mol. The van der Waals surface area contributed by atoms with Crippen LogP contribution >= 0.6 is 34.8 Å². The molecule has 3 rings (SSSR count). The van der Waals surface area contributed by atoms with Gasteiger partial charge in [0.1, 0.15) is 5.75 Å². The first-order valence-corrected chi connectivity index (χ1v) is 11.4. The van der Waals surface area contributed by atoms with Crippen LogP contribution in [0, 0.1) is 0 Å². The number of benzene rings is 1. The summed E-state index contributed by atoms with van der Waals surface area (Å²) >= 11 is 17.9. The van der Waals surface area contributed by atoms with E-state index in [1.807, 2.05) is 6.07 Å². The molecule has 1 amide bonds. The van der Waals surface area contributed by atoms with Crippen LogP contribution < -0.4 is 4.74 Å². The van der Waals surface area contributed by atoms with Gasteiger partial charge in [0.2, 0.25) is 0 Å². The second-order valence-corrected chi connectivity index (χ2v) is 9.88. The lowest BCUT2D eigenvalue weighted by Gasteiger charge is -2.28. The summed E-state index contributed by atoms with van der Waals surface area (Å²) in [7, 11) is -3.15. The van der Waals surface area contributed by atoms with E-state index in [0.29, 0.717) is 6.42 Å². The van der Waals surface area contributed by atoms with Crippen molar-refractivity contribution in [3.8, 4) is 5.75 Å². The van der Waals surface area contributed by atoms with Crippen molar-refractivity contribution in [3.63, 3.8) is 0 Å². The average Bonchev–Trinajstić information content (AvgIpc) is 3.01. The first kappa shape index (κ1) is 21.2. The van der Waals surface area contributed by atoms with E-state index in [0.717, 1.165) is 5.56 Å². The Morgan fingerprint density at radius 2 is 1.96 bits per heavy atom. The van der Waals surface area contributed by atoms with Gasteiger partial charge in [-0.25, -0.2) is 8.42 Å². The third kappa shape index (κ3) is 5.29. The molecular formula is C18H17Cl3N2O4S. The van der Waals surface area contributed by atoms with E-state index >= 15 is 0 Å². The van der Waals surface area contributed by atoms with Crippen molar-refractivity contribution in [3.05, 3.63) is 57.3 Å². The number of ether oxygens (including phenoxy) is 1. The topological polar surface area (TPSA) is 76.6 Å². The lowest BCUT2D eigenvalue weighted by atomic mass is 10.2. The maximum atomic E-state index is 12.9. The quantitative estimate of drug-likeness (QED) is 0.611. The standard InChI is InChI=1S/C18H17Cl3N2O4S/c19-14-6-16(21)17(7-15(14)20)27-10-18(24)23(9-12-2-1-4-22-8-12)13-3-5-28(25,26)11-13/h1-2,4,6-8,13H,3,5,9-11H2. The molecule has 28 heavy (non-hydrogen) atoms. The molecule has 0 saturated carbocycles. The van der Waals surface area contributed by atoms with Crippen molar-refractivity contribution < 1.29 is 17.9 Å². The zero-order chi connectivity index (χ0) is 20.3. The van der Waals surface area contributed by atoms with Crippen molar-refractivity contribution >= 4 is 50.5 Å². The van der Waals surface area contributed by atoms with Gasteiger partial charge in [0.05, 0.1) is 26.6 Å². The zero-order valence-corrected chi connectivity index (χ0v) is 17.7. The van der Waals surface area contributed by atoms with Gasteiger partial charge in [-0.2, -0.15) is 0 Å². The van der Waals surface area contributed by atoms with Crippen molar-refractivity contribution in [2.75, 3.05) is 18.1 Å². The lowest BCUT2D eigenvalue weighted by Crippen LogP contribution is -2.43. The summed E-state index contributed by atoms with van der Waals surface area (Å²) in [6.45, 7) is -0.0696. The number of pyridine rings is 1. The minimum Gasteiger partial charge on any atom is -0.482 e. The van der Waals surface area contributed by atoms with Crippen molar-refractivity contribution in [2.24, 2.45) is 0 Å². The summed E-state index contributed by atoms with van der Waals surface area (Å²) in [6, 6.07) is 6.04. The number of sulfone groups is 1. The lowest BCUT2D eigenvalue weighted by molar-refractivity contribution is -0.136. The van der Waals surface area contributed by atoms with Gasteiger partial charge in [-0.3, -0.25) is 9.78 Å². The molecule has 1 aliphatic rings. The summed E-state index contributed by atoms with van der Waals surface area (Å²) in [6.07, 6.45) is 3.66. The predicted molar refractivity (Wildman–Crippen MR) is 109 cm³/mol. The molecule has 1 saturated heterocycles. The Hall–Kier alpha value is -1.54. The normalized spacial score (nSPS) is 18.0. The first-order chi connectivity index (χ1) is 13.2. The number of rotatable bonds is 6. The summed E-state index contributed by atoms with van der Waals surface area (Å²) in [5.74, 6) is -0.126. The Morgan fingerprint density at radius 1 is 1.21 bits per heavy atom. The molecule has 2 heterocycles. The zero-order valence-electron chi connectivity index (χ0n) is 14.6. The van der Waals surface area contributed by atoms with Crippen LogP contribution in [0.15, 0.2) is 36.7 Å². The molecule has 1 fully saturated rings. The number of amides is 1. The van der Waals surface area contributed by atoms with Crippen LogP contribution in [0.4, 0.5) is 0 Å². The van der Waals surface area contributed by atoms with Crippen LogP contribution in [0.25, 0.3) is 0 Å². The van der Waals surface area contributed by atoms with E-state index in [2.05, 4.69) is 4.98 Å². The van der Waals surface area contributed by atoms with Gasteiger partial charge in [-0.1, -0.05) is 40.9 Å². The van der Waals surface area contributed by atoms with E-state index in [1.165, 1.54) is 17.0 Å². The Morgan fingerprint density at radius 3 is 2.61 bits per heavy atom. The number of nitrogens with zero attached hydrogens (tertiary/aromatic N) is 2. The molecule has 2 aromatic rings. The Bertz CT molecular complexity index is 970. The average molecular weight is 464 g/mol. The maximum Gasteiger partial charge on any atom is 0.261 e. The fourth-order valence-corrected chi connectivity index (χ4v) is 5.29. The summed E-state index contributed by atoms with van der Waals surface area (Å²) in [4.78, 5) is 18.4.